The van der Waals surface area contributed by atoms with E-state index in [-0.39, 0.29) is 10.8 Å². The Morgan fingerprint density at radius 2 is 1.80 bits per heavy atom. The third-order valence-corrected chi connectivity index (χ3v) is 13.0. The number of aryl methyl sites for hydroxylation is 1. The van der Waals surface area contributed by atoms with E-state index >= 15 is 0 Å². The smallest absolute Gasteiger partial charge is 0.191 e. The summed E-state index contributed by atoms with van der Waals surface area (Å²) in [5.74, 6) is 0.114. The molecule has 2 aliphatic rings. The van der Waals surface area contributed by atoms with E-state index in [0.29, 0.717) is 6.61 Å². The fourth-order valence-electron chi connectivity index (χ4n) is 4.40. The van der Waals surface area contributed by atoms with Crippen LogP contribution in [0.15, 0.2) is 89.4 Å². The average molecular weight is 501 g/mol. The molecule has 2 aliphatic carbocycles. The second kappa shape index (κ2) is 9.85. The van der Waals surface area contributed by atoms with Crippen molar-refractivity contribution in [3.63, 3.8) is 0 Å². The molecule has 2 nitrogen and oxygen atoms in total. The van der Waals surface area contributed by atoms with Crippen molar-refractivity contribution in [1.82, 2.24) is 0 Å². The minimum atomic E-state index is -1.86. The first-order valence-electron chi connectivity index (χ1n) is 12.3. The van der Waals surface area contributed by atoms with E-state index < -0.39 is 13.7 Å². The van der Waals surface area contributed by atoms with Crippen LogP contribution in [0.4, 0.5) is 0 Å². The van der Waals surface area contributed by atoms with E-state index in [0.717, 1.165) is 28.0 Å². The zero-order chi connectivity index (χ0) is 25.3. The highest BCUT2D eigenvalue weighted by Gasteiger charge is 2.47. The van der Waals surface area contributed by atoms with Crippen LogP contribution in [0.3, 0.4) is 0 Å². The quantitative estimate of drug-likeness (QED) is 0.356. The van der Waals surface area contributed by atoms with Gasteiger partial charge in [-0.3, -0.25) is 4.79 Å². The number of thiophene rings is 1. The highest BCUT2D eigenvalue weighted by molar-refractivity contribution is 7.11. The second-order valence-electron chi connectivity index (χ2n) is 11.0. The van der Waals surface area contributed by atoms with Gasteiger partial charge in [0, 0.05) is 11.5 Å². The van der Waals surface area contributed by atoms with Gasteiger partial charge >= 0.3 is 0 Å². The van der Waals surface area contributed by atoms with Gasteiger partial charge in [0.1, 0.15) is 5.41 Å². The van der Waals surface area contributed by atoms with Crippen molar-refractivity contribution in [2.75, 3.05) is 6.61 Å². The number of carbonyl (C=O) groups is 1. The van der Waals surface area contributed by atoms with Gasteiger partial charge in [-0.15, -0.1) is 11.3 Å². The Labute approximate surface area is 215 Å². The zero-order valence-corrected chi connectivity index (χ0v) is 23.5. The Kier molecular flexibility index (Phi) is 7.19. The zero-order valence-electron chi connectivity index (χ0n) is 21.7. The van der Waals surface area contributed by atoms with Crippen LogP contribution in [-0.2, 0) is 9.22 Å². The number of benzene rings is 1. The average Bonchev–Trinajstić information content (AvgIpc) is 3.42. The van der Waals surface area contributed by atoms with E-state index in [1.54, 1.807) is 17.4 Å². The number of carbonyl (C=O) groups excluding carboxylic acids is 1. The summed E-state index contributed by atoms with van der Waals surface area (Å²) in [6.07, 6.45) is 15.0. The van der Waals surface area contributed by atoms with Gasteiger partial charge in [0.15, 0.2) is 14.1 Å². The Morgan fingerprint density at radius 3 is 2.43 bits per heavy atom. The molecule has 0 fully saturated rings. The number of allylic oxidation sites excluding steroid dienone is 8. The molecule has 182 valence electrons. The SMILES string of the molecule is Cc1ccc(/C=C/C2=C(CCO[Si](C)(C)C(C)(C)C)C=C(c3cccs3)C23C=CC=CC3=O)cc1. The van der Waals surface area contributed by atoms with Gasteiger partial charge < -0.3 is 4.43 Å². The monoisotopic (exact) mass is 500 g/mol. The molecular formula is C31H36O2SSi. The number of hydrogen-bond donors (Lipinski definition) is 0. The molecule has 0 saturated heterocycles. The van der Waals surface area contributed by atoms with E-state index in [4.69, 9.17) is 4.43 Å². The van der Waals surface area contributed by atoms with Crippen LogP contribution in [-0.4, -0.2) is 20.7 Å². The first-order chi connectivity index (χ1) is 16.5. The topological polar surface area (TPSA) is 26.3 Å². The van der Waals surface area contributed by atoms with Gasteiger partial charge in [0.2, 0.25) is 0 Å². The molecule has 0 aliphatic heterocycles. The number of rotatable bonds is 7. The summed E-state index contributed by atoms with van der Waals surface area (Å²) >= 11 is 1.69. The molecule has 1 atom stereocenters. The fourth-order valence-corrected chi connectivity index (χ4v) is 6.25. The molecule has 0 amide bonds. The van der Waals surface area contributed by atoms with Crippen LogP contribution in [0.5, 0.6) is 0 Å². The van der Waals surface area contributed by atoms with Crippen molar-refractivity contribution < 1.29 is 9.22 Å². The molecular weight excluding hydrogens is 464 g/mol. The van der Waals surface area contributed by atoms with Crippen LogP contribution in [0.1, 0.15) is 43.2 Å². The van der Waals surface area contributed by atoms with Crippen LogP contribution in [0.25, 0.3) is 11.6 Å². The second-order valence-corrected chi connectivity index (χ2v) is 16.7. The lowest BCUT2D eigenvalue weighted by Gasteiger charge is -2.36. The maximum atomic E-state index is 13.6. The van der Waals surface area contributed by atoms with Crippen molar-refractivity contribution in [2.45, 2.75) is 52.2 Å². The predicted molar refractivity (Wildman–Crippen MR) is 153 cm³/mol. The summed E-state index contributed by atoms with van der Waals surface area (Å²) in [5.41, 5.74) is 4.90. The molecule has 2 aromatic rings. The standard InChI is InChI=1S/C31H36O2SSi/c1-23-12-14-24(15-13-23)16-17-26-25(18-20-33-35(5,6)30(2,3)4)22-27(28-10-9-21-34-28)31(26)19-8-7-11-29(31)32/h7-17,19,21-22H,18,20H2,1-6H3/b17-16+. The summed E-state index contributed by atoms with van der Waals surface area (Å²) in [5, 5.41) is 2.24. The van der Waals surface area contributed by atoms with Gasteiger partial charge in [0.25, 0.3) is 0 Å². The molecule has 1 heterocycles. The van der Waals surface area contributed by atoms with E-state index in [1.807, 2.05) is 12.2 Å². The minimum absolute atomic E-state index is 0.114. The lowest BCUT2D eigenvalue weighted by molar-refractivity contribution is -0.118. The lowest BCUT2D eigenvalue weighted by Crippen LogP contribution is -2.41. The van der Waals surface area contributed by atoms with E-state index in [2.05, 4.69) is 107 Å². The Morgan fingerprint density at radius 1 is 1.06 bits per heavy atom. The summed E-state index contributed by atoms with van der Waals surface area (Å²) in [4.78, 5) is 14.8. The fraction of sp³-hybridized carbons (Fsp3) is 0.323. The molecule has 4 heteroatoms. The van der Waals surface area contributed by atoms with Crippen LogP contribution in [0, 0.1) is 12.3 Å². The highest BCUT2D eigenvalue weighted by atomic mass is 32.1. The van der Waals surface area contributed by atoms with Crippen molar-refractivity contribution in [3.8, 4) is 0 Å². The Hall–Kier alpha value is -2.53. The van der Waals surface area contributed by atoms with Gasteiger partial charge in [-0.05, 0) is 71.3 Å². The van der Waals surface area contributed by atoms with Crippen molar-refractivity contribution in [1.29, 1.82) is 0 Å². The van der Waals surface area contributed by atoms with Crippen LogP contribution >= 0.6 is 11.3 Å². The van der Waals surface area contributed by atoms with E-state index in [1.165, 1.54) is 11.1 Å². The minimum Gasteiger partial charge on any atom is -0.416 e. The lowest BCUT2D eigenvalue weighted by atomic mass is 9.70. The molecule has 1 aromatic carbocycles. The van der Waals surface area contributed by atoms with Gasteiger partial charge in [-0.1, -0.05) is 93.1 Å². The van der Waals surface area contributed by atoms with Crippen molar-refractivity contribution in [3.05, 3.63) is 105 Å². The van der Waals surface area contributed by atoms with Crippen molar-refractivity contribution >= 4 is 37.1 Å². The summed E-state index contributed by atoms with van der Waals surface area (Å²) in [6, 6.07) is 12.7. The molecule has 1 unspecified atom stereocenters. The largest absolute Gasteiger partial charge is 0.416 e. The number of ketones is 1. The van der Waals surface area contributed by atoms with Crippen LogP contribution in [0.2, 0.25) is 18.1 Å². The molecule has 0 bridgehead atoms. The summed E-state index contributed by atoms with van der Waals surface area (Å²) in [6.45, 7) is 14.1. The molecule has 1 spiro atoms. The maximum absolute atomic E-state index is 13.6. The molecule has 4 rings (SSSR count). The summed E-state index contributed by atoms with van der Waals surface area (Å²) in [7, 11) is -1.86. The third-order valence-electron chi connectivity index (χ3n) is 7.55. The Balaban J connectivity index is 1.76. The molecule has 1 aromatic heterocycles. The maximum Gasteiger partial charge on any atom is 0.191 e. The number of hydrogen-bond acceptors (Lipinski definition) is 3. The third kappa shape index (κ3) is 5.06. The highest BCUT2D eigenvalue weighted by Crippen LogP contribution is 2.53. The van der Waals surface area contributed by atoms with E-state index in [9.17, 15) is 4.79 Å². The van der Waals surface area contributed by atoms with Crippen molar-refractivity contribution in [2.24, 2.45) is 5.41 Å². The normalized spacial score (nSPS) is 20.5. The molecule has 0 radical (unpaired) electrons. The molecule has 0 saturated carbocycles. The Bertz CT molecular complexity index is 1230. The van der Waals surface area contributed by atoms with Gasteiger partial charge in [-0.2, -0.15) is 0 Å². The molecule has 0 N–H and O–H groups in total. The first-order valence-corrected chi connectivity index (χ1v) is 16.1. The van der Waals surface area contributed by atoms with Gasteiger partial charge in [0.05, 0.1) is 0 Å². The first kappa shape index (κ1) is 25.6. The predicted octanol–water partition coefficient (Wildman–Crippen LogP) is 8.56. The summed E-state index contributed by atoms with van der Waals surface area (Å²) < 4.78 is 6.55. The van der Waals surface area contributed by atoms with Crippen LogP contribution < -0.4 is 0 Å². The molecule has 35 heavy (non-hydrogen) atoms. The van der Waals surface area contributed by atoms with Gasteiger partial charge in [-0.25, -0.2) is 0 Å².